The molecular formula is C84H85N13O15. The van der Waals surface area contributed by atoms with E-state index >= 15 is 0 Å². The molecule has 576 valence electrons. The number of hydrogen-bond donors (Lipinski definition) is 6. The van der Waals surface area contributed by atoms with Gasteiger partial charge in [-0.25, -0.2) is 4.79 Å². The Bertz CT molecular complexity index is 4970. The van der Waals surface area contributed by atoms with Crippen LogP contribution >= 0.6 is 0 Å². The van der Waals surface area contributed by atoms with Crippen LogP contribution in [0.5, 0.6) is 0 Å². The number of aromatic nitrogens is 7. The minimum Gasteiger partial charge on any atom is -0.466 e. The number of amides is 5. The Hall–Kier alpha value is -14.2. The Labute approximate surface area is 645 Å². The van der Waals surface area contributed by atoms with E-state index in [9.17, 15) is 33.6 Å². The van der Waals surface area contributed by atoms with Crippen LogP contribution in [0.1, 0.15) is 102 Å². The molecule has 1 fully saturated rings. The van der Waals surface area contributed by atoms with E-state index in [4.69, 9.17) is 31.9 Å². The number of ether oxygens (including phenoxy) is 2. The van der Waals surface area contributed by atoms with Crippen molar-refractivity contribution in [1.29, 1.82) is 0 Å². The van der Waals surface area contributed by atoms with Crippen LogP contribution in [-0.4, -0.2) is 97.2 Å². The van der Waals surface area contributed by atoms with E-state index in [0.29, 0.717) is 40.9 Å². The molecule has 1 aliphatic rings. The van der Waals surface area contributed by atoms with Crippen molar-refractivity contribution in [2.45, 2.75) is 91.9 Å². The minimum absolute atomic E-state index is 0.0542. The number of pyridine rings is 1. The van der Waals surface area contributed by atoms with Crippen molar-refractivity contribution in [2.24, 2.45) is 5.92 Å². The number of hydrogen-bond acceptors (Lipinski definition) is 23. The summed E-state index contributed by atoms with van der Waals surface area (Å²) in [5, 5.41) is 38.8. The summed E-state index contributed by atoms with van der Waals surface area (Å²) in [7, 11) is 0. The molecule has 0 unspecified atom stereocenters. The van der Waals surface area contributed by atoms with Crippen LogP contribution in [0.2, 0.25) is 0 Å². The van der Waals surface area contributed by atoms with Crippen molar-refractivity contribution in [2.75, 3.05) is 51.7 Å². The summed E-state index contributed by atoms with van der Waals surface area (Å²) in [5.41, 5.74) is 10.7. The van der Waals surface area contributed by atoms with Gasteiger partial charge in [0.2, 0.25) is 53.0 Å². The number of nitrogens with one attached hydrogen (secondary N) is 6. The first-order chi connectivity index (χ1) is 54.8. The SMILES string of the molecule is CCCC(=O)Nc1oncc1-c1ccccc1.CCCCNc1oncc1-c1ccccc1.CCOC(=O)C(=O)Nc1oncc1-c1ccccc1.CCOC(=O)CC(=O)Nc1oncc1-c1ccccc1.O=C(Nc1oncc1-c1ccccc1)C1CCCCC1.O=C(Nc1oncc1-c1ccccc1)c1ccccn1. The number of benzene rings is 6. The lowest BCUT2D eigenvalue weighted by Crippen LogP contribution is -2.25. The largest absolute Gasteiger partial charge is 0.466 e. The molecule has 1 saturated carbocycles. The quantitative estimate of drug-likeness (QED) is 0.0150. The van der Waals surface area contributed by atoms with Crippen LogP contribution in [0.4, 0.5) is 35.3 Å². The van der Waals surface area contributed by atoms with Crippen LogP contribution in [0.25, 0.3) is 66.8 Å². The molecule has 5 amide bonds. The number of anilines is 6. The molecule has 0 radical (unpaired) electrons. The van der Waals surface area contributed by atoms with Gasteiger partial charge in [-0.3, -0.25) is 60.3 Å². The first kappa shape index (κ1) is 81.9. The van der Waals surface area contributed by atoms with Gasteiger partial charge in [0.05, 0.1) is 83.8 Å². The summed E-state index contributed by atoms with van der Waals surface area (Å²) >= 11 is 0. The van der Waals surface area contributed by atoms with Crippen LogP contribution in [-0.2, 0) is 38.2 Å². The van der Waals surface area contributed by atoms with E-state index in [0.717, 1.165) is 107 Å². The highest BCUT2D eigenvalue weighted by Gasteiger charge is 2.25. The monoisotopic (exact) mass is 1520 g/mol. The fourth-order valence-electron chi connectivity index (χ4n) is 10.9. The molecule has 1 aliphatic carbocycles. The van der Waals surface area contributed by atoms with Gasteiger partial charge in [-0.1, -0.05) is 259 Å². The van der Waals surface area contributed by atoms with Gasteiger partial charge in [-0.05, 0) is 85.0 Å². The van der Waals surface area contributed by atoms with Crippen molar-refractivity contribution in [3.8, 4) is 66.8 Å². The molecule has 14 rings (SSSR count). The van der Waals surface area contributed by atoms with Crippen LogP contribution in [0.3, 0.4) is 0 Å². The Balaban J connectivity index is 0.000000155. The normalized spacial score (nSPS) is 11.2. The predicted octanol–water partition coefficient (Wildman–Crippen LogP) is 17.6. The van der Waals surface area contributed by atoms with E-state index in [2.05, 4.69) is 91.6 Å². The Morgan fingerprint density at radius 1 is 0.384 bits per heavy atom. The maximum Gasteiger partial charge on any atom is 0.397 e. The molecule has 0 spiro atoms. The van der Waals surface area contributed by atoms with Gasteiger partial charge in [0, 0.05) is 25.1 Å². The second-order valence-electron chi connectivity index (χ2n) is 24.4. The lowest BCUT2D eigenvalue weighted by Gasteiger charge is -2.20. The Morgan fingerprint density at radius 3 is 1.12 bits per heavy atom. The number of carbonyl (C=O) groups is 7. The Kier molecular flexibility index (Phi) is 32.8. The third-order valence-corrected chi connectivity index (χ3v) is 16.4. The molecule has 0 bridgehead atoms. The third-order valence-electron chi connectivity index (χ3n) is 16.4. The molecule has 7 heterocycles. The average molecular weight is 1520 g/mol. The lowest BCUT2D eigenvalue weighted by atomic mass is 9.88. The van der Waals surface area contributed by atoms with E-state index in [1.165, 1.54) is 25.2 Å². The first-order valence-electron chi connectivity index (χ1n) is 36.3. The fourth-order valence-corrected chi connectivity index (χ4v) is 10.9. The molecule has 112 heavy (non-hydrogen) atoms. The smallest absolute Gasteiger partial charge is 0.397 e. The summed E-state index contributed by atoms with van der Waals surface area (Å²) in [6.45, 7) is 8.72. The summed E-state index contributed by atoms with van der Waals surface area (Å²) in [5.74, 6) is -0.892. The number of rotatable bonds is 23. The molecule has 6 N–H and O–H groups in total. The zero-order valence-electron chi connectivity index (χ0n) is 62.1. The molecule has 0 saturated heterocycles. The molecule has 0 atom stereocenters. The van der Waals surface area contributed by atoms with Gasteiger partial charge in [0.1, 0.15) is 12.1 Å². The van der Waals surface area contributed by atoms with E-state index in [1.54, 1.807) is 63.0 Å². The number of unbranched alkanes of at least 4 members (excludes halogenated alkanes) is 1. The third kappa shape index (κ3) is 25.5. The highest BCUT2D eigenvalue weighted by molar-refractivity contribution is 6.37. The lowest BCUT2D eigenvalue weighted by molar-refractivity contribution is -0.152. The molecule has 7 aromatic heterocycles. The van der Waals surface area contributed by atoms with Gasteiger partial charge in [-0.15, -0.1) is 0 Å². The maximum atomic E-state index is 12.3. The number of carbonyl (C=O) groups excluding carboxylic acids is 7. The van der Waals surface area contributed by atoms with Crippen LogP contribution in [0.15, 0.2) is 271 Å². The summed E-state index contributed by atoms with van der Waals surface area (Å²) in [6, 6.07) is 62.9. The molecule has 6 aromatic carbocycles. The number of nitrogens with zero attached hydrogens (tertiary/aromatic N) is 7. The molecule has 28 nitrogen and oxygen atoms in total. The van der Waals surface area contributed by atoms with Gasteiger partial charge < -0.3 is 41.9 Å². The van der Waals surface area contributed by atoms with Crippen molar-refractivity contribution >= 4 is 76.8 Å². The van der Waals surface area contributed by atoms with Crippen molar-refractivity contribution < 1.29 is 70.2 Å². The molecule has 13 aromatic rings. The van der Waals surface area contributed by atoms with Gasteiger partial charge >= 0.3 is 17.8 Å². The highest BCUT2D eigenvalue weighted by Crippen LogP contribution is 2.34. The summed E-state index contributed by atoms with van der Waals surface area (Å²) in [6.07, 6.45) is 19.8. The highest BCUT2D eigenvalue weighted by atomic mass is 16.5. The summed E-state index contributed by atoms with van der Waals surface area (Å²) < 4.78 is 39.8. The van der Waals surface area contributed by atoms with Gasteiger partial charge in [-0.2, -0.15) is 0 Å². The first-order valence-corrected chi connectivity index (χ1v) is 36.3. The second-order valence-corrected chi connectivity index (χ2v) is 24.4. The second kappa shape index (κ2) is 44.8. The van der Waals surface area contributed by atoms with Crippen LogP contribution < -0.4 is 31.9 Å². The van der Waals surface area contributed by atoms with E-state index in [-0.39, 0.29) is 55.0 Å². The number of esters is 2. The van der Waals surface area contributed by atoms with Gasteiger partial charge in [0.25, 0.3) is 5.91 Å². The zero-order chi connectivity index (χ0) is 78.9. The molecule has 0 aliphatic heterocycles. The average Bonchev–Trinajstić information content (AvgIpc) is 1.72. The van der Waals surface area contributed by atoms with E-state index in [1.807, 2.05) is 177 Å². The van der Waals surface area contributed by atoms with E-state index < -0.39 is 23.8 Å². The molecular weight excluding hydrogens is 1430 g/mol. The zero-order valence-corrected chi connectivity index (χ0v) is 62.1. The molecule has 28 heteroatoms. The van der Waals surface area contributed by atoms with Crippen LogP contribution in [0, 0.1) is 5.92 Å². The van der Waals surface area contributed by atoms with Gasteiger partial charge in [0.15, 0.2) is 0 Å². The maximum absolute atomic E-state index is 12.3. The Morgan fingerprint density at radius 2 is 0.741 bits per heavy atom. The fraction of sp³-hybridized carbons (Fsp3) is 0.214. The van der Waals surface area contributed by atoms with Crippen molar-refractivity contribution in [3.63, 3.8) is 0 Å². The minimum atomic E-state index is -0.960. The topological polar surface area (TPSA) is 379 Å². The standard InChI is InChI=1S/C16H18N2O2.C15H11N3O2.C14H14N2O4.C13H12N2O4.C13H14N2O2.C13H16N2O/c19-15(13-9-5-2-6-10-13)18-16-14(11-17-20-16)12-7-3-1-4-8-12;19-14(13-8-4-5-9-16-13)18-15-12(10-17-20-15)11-6-2-1-3-7-11;1-2-19-13(18)8-12(17)16-14-11(9-15-20-14)10-6-4-3-5-7-10;1-2-18-13(17)11(16)15-12-10(8-14-19-12)9-6-4-3-5-7-9;1-2-6-12(16)15-13-11(9-14-17-13)10-7-4-3-5-8-10;1-2-3-9-14-13-12(10-15-16-13)11-7-5-4-6-8-11/h1,3-4,7-8,11,13H,2,5-6,9-10H2,(H,18,19);1-10H,(H,18,19);3-7,9H,2,8H2,1H3,(H,16,17);3-8H,2H2,1H3,(H,15,16);3-5,7-9H,2,6H2,1H3,(H,15,16);4-8,10,14H,2-3,9H2,1H3. The van der Waals surface area contributed by atoms with Crippen molar-refractivity contribution in [1.82, 2.24) is 35.9 Å². The summed E-state index contributed by atoms with van der Waals surface area (Å²) in [4.78, 5) is 85.4. The van der Waals surface area contributed by atoms with Crippen molar-refractivity contribution in [3.05, 3.63) is 249 Å². The predicted molar refractivity (Wildman–Crippen MR) is 421 cm³/mol.